The number of carbonyl (C=O) groups is 1. The van der Waals surface area contributed by atoms with Gasteiger partial charge in [-0.2, -0.15) is 9.40 Å². The van der Waals surface area contributed by atoms with E-state index in [1.54, 1.807) is 13.8 Å². The van der Waals surface area contributed by atoms with E-state index < -0.39 is 15.9 Å². The van der Waals surface area contributed by atoms with E-state index in [1.807, 2.05) is 24.3 Å². The summed E-state index contributed by atoms with van der Waals surface area (Å²) in [6.07, 6.45) is 0. The number of nitrogens with one attached hydrogen (secondary N) is 2. The molecular formula is C18H27N5O3S. The number of benzene rings is 1. The van der Waals surface area contributed by atoms with Crippen molar-refractivity contribution in [3.63, 3.8) is 0 Å². The minimum Gasteiger partial charge on any atom is -0.372 e. The average molecular weight is 394 g/mol. The Morgan fingerprint density at radius 3 is 2.22 bits per heavy atom. The van der Waals surface area contributed by atoms with Gasteiger partial charge in [-0.3, -0.25) is 9.89 Å². The molecule has 0 radical (unpaired) electrons. The summed E-state index contributed by atoms with van der Waals surface area (Å²) in [4.78, 5) is 14.6. The zero-order chi connectivity index (χ0) is 20.2. The predicted octanol–water partition coefficient (Wildman–Crippen LogP) is 2.13. The molecule has 1 aromatic heterocycles. The molecule has 2 aromatic rings. The number of hydrogen-bond acceptors (Lipinski definition) is 5. The van der Waals surface area contributed by atoms with Crippen molar-refractivity contribution in [2.45, 2.75) is 32.6 Å². The number of nitrogens with zero attached hydrogens (tertiary/aromatic N) is 3. The summed E-state index contributed by atoms with van der Waals surface area (Å²) in [7, 11) is -2.42. The van der Waals surface area contributed by atoms with Crippen LogP contribution >= 0.6 is 0 Å². The molecule has 0 aliphatic rings. The van der Waals surface area contributed by atoms with Crippen LogP contribution in [0.4, 0.5) is 11.4 Å². The van der Waals surface area contributed by atoms with Gasteiger partial charge in [0, 0.05) is 31.5 Å². The minimum absolute atomic E-state index is 0.112. The van der Waals surface area contributed by atoms with Crippen LogP contribution in [-0.2, 0) is 14.8 Å². The lowest BCUT2D eigenvalue weighted by Crippen LogP contribution is -2.35. The number of aryl methyl sites for hydroxylation is 2. The molecule has 1 aromatic carbocycles. The lowest BCUT2D eigenvalue weighted by Gasteiger charge is -2.21. The van der Waals surface area contributed by atoms with Crippen LogP contribution in [0, 0.1) is 13.8 Å². The second-order valence-electron chi connectivity index (χ2n) is 6.29. The van der Waals surface area contributed by atoms with E-state index in [9.17, 15) is 13.2 Å². The molecule has 0 saturated carbocycles. The largest absolute Gasteiger partial charge is 0.372 e. The van der Waals surface area contributed by atoms with Crippen LogP contribution in [0.5, 0.6) is 0 Å². The fourth-order valence-corrected chi connectivity index (χ4v) is 4.36. The van der Waals surface area contributed by atoms with Gasteiger partial charge in [-0.05, 0) is 52.0 Å². The summed E-state index contributed by atoms with van der Waals surface area (Å²) >= 11 is 0. The number of hydrogen-bond donors (Lipinski definition) is 2. The number of aromatic nitrogens is 2. The minimum atomic E-state index is -3.80. The van der Waals surface area contributed by atoms with E-state index in [0.29, 0.717) is 17.1 Å². The third-order valence-corrected chi connectivity index (χ3v) is 6.44. The summed E-state index contributed by atoms with van der Waals surface area (Å²) < 4.78 is 26.4. The number of rotatable bonds is 8. The molecule has 8 nitrogen and oxygen atoms in total. The van der Waals surface area contributed by atoms with Crippen molar-refractivity contribution < 1.29 is 13.2 Å². The zero-order valence-corrected chi connectivity index (χ0v) is 17.2. The van der Waals surface area contributed by atoms with Gasteiger partial charge in [0.2, 0.25) is 15.9 Å². The first-order chi connectivity index (χ1) is 12.7. The van der Waals surface area contributed by atoms with Gasteiger partial charge in [0.1, 0.15) is 4.90 Å². The van der Waals surface area contributed by atoms with Crippen molar-refractivity contribution in [3.05, 3.63) is 35.7 Å². The van der Waals surface area contributed by atoms with E-state index in [4.69, 9.17) is 0 Å². The highest BCUT2D eigenvalue weighted by atomic mass is 32.2. The van der Waals surface area contributed by atoms with Gasteiger partial charge in [0.25, 0.3) is 0 Å². The molecule has 9 heteroatoms. The van der Waals surface area contributed by atoms with E-state index in [2.05, 4.69) is 34.3 Å². The normalized spacial score (nSPS) is 11.6. The topological polar surface area (TPSA) is 98.4 Å². The van der Waals surface area contributed by atoms with Crippen LogP contribution in [0.25, 0.3) is 0 Å². The molecule has 0 saturated heterocycles. The number of sulfonamides is 1. The molecule has 0 unspecified atom stereocenters. The van der Waals surface area contributed by atoms with Crippen LogP contribution in [0.2, 0.25) is 0 Å². The maximum Gasteiger partial charge on any atom is 0.246 e. The molecule has 1 amide bonds. The van der Waals surface area contributed by atoms with Gasteiger partial charge in [-0.25, -0.2) is 8.42 Å². The molecule has 0 aliphatic heterocycles. The highest BCUT2D eigenvalue weighted by Crippen LogP contribution is 2.21. The molecule has 2 N–H and O–H groups in total. The number of H-pyrrole nitrogens is 1. The quantitative estimate of drug-likeness (QED) is 0.716. The SMILES string of the molecule is CCN(CC)c1ccc(NC(=O)CN(C)S(=O)(=O)c2c(C)n[nH]c2C)cc1. The number of carbonyl (C=O) groups excluding carboxylic acids is 1. The van der Waals surface area contributed by atoms with Gasteiger partial charge in [0.05, 0.1) is 17.9 Å². The summed E-state index contributed by atoms with van der Waals surface area (Å²) in [5, 5.41) is 9.30. The van der Waals surface area contributed by atoms with Crippen molar-refractivity contribution in [3.8, 4) is 0 Å². The van der Waals surface area contributed by atoms with Gasteiger partial charge in [0.15, 0.2) is 0 Å². The molecule has 0 atom stereocenters. The molecule has 0 fully saturated rings. The monoisotopic (exact) mass is 393 g/mol. The lowest BCUT2D eigenvalue weighted by atomic mass is 10.2. The number of likely N-dealkylation sites (N-methyl/N-ethyl adjacent to an activating group) is 1. The van der Waals surface area contributed by atoms with E-state index in [0.717, 1.165) is 23.1 Å². The Morgan fingerprint density at radius 1 is 1.15 bits per heavy atom. The Balaban J connectivity index is 2.05. The van der Waals surface area contributed by atoms with Crippen molar-refractivity contribution in [1.29, 1.82) is 0 Å². The maximum absolute atomic E-state index is 12.7. The van der Waals surface area contributed by atoms with E-state index >= 15 is 0 Å². The molecular weight excluding hydrogens is 366 g/mol. The van der Waals surface area contributed by atoms with Gasteiger partial charge < -0.3 is 10.2 Å². The molecule has 0 bridgehead atoms. The number of amides is 1. The molecule has 27 heavy (non-hydrogen) atoms. The summed E-state index contributed by atoms with van der Waals surface area (Å²) in [6.45, 7) is 8.93. The van der Waals surface area contributed by atoms with Crippen molar-refractivity contribution in [1.82, 2.24) is 14.5 Å². The van der Waals surface area contributed by atoms with Gasteiger partial charge in [-0.15, -0.1) is 0 Å². The fraction of sp³-hybridized carbons (Fsp3) is 0.444. The van der Waals surface area contributed by atoms with Crippen molar-refractivity contribution in [2.75, 3.05) is 36.9 Å². The first-order valence-electron chi connectivity index (χ1n) is 8.83. The van der Waals surface area contributed by atoms with Gasteiger partial charge >= 0.3 is 0 Å². The Morgan fingerprint density at radius 2 is 1.74 bits per heavy atom. The lowest BCUT2D eigenvalue weighted by molar-refractivity contribution is -0.116. The highest BCUT2D eigenvalue weighted by molar-refractivity contribution is 7.89. The standard InChI is InChI=1S/C18H27N5O3S/c1-6-23(7-2)16-10-8-15(9-11-16)19-17(24)12-22(5)27(25,26)18-13(3)20-21-14(18)4/h8-11H,6-7,12H2,1-5H3,(H,19,24)(H,20,21). The second-order valence-corrected chi connectivity index (χ2v) is 8.27. The predicted molar refractivity (Wildman–Crippen MR) is 107 cm³/mol. The summed E-state index contributed by atoms with van der Waals surface area (Å²) in [6, 6.07) is 7.48. The first-order valence-corrected chi connectivity index (χ1v) is 10.3. The smallest absolute Gasteiger partial charge is 0.246 e. The van der Waals surface area contributed by atoms with Crippen LogP contribution in [-0.4, -0.2) is 55.5 Å². The zero-order valence-electron chi connectivity index (χ0n) is 16.4. The molecule has 2 rings (SSSR count). The van der Waals surface area contributed by atoms with Crippen LogP contribution in [0.3, 0.4) is 0 Å². The van der Waals surface area contributed by atoms with E-state index in [-0.39, 0.29) is 11.4 Å². The Bertz CT molecular complexity index is 867. The summed E-state index contributed by atoms with van der Waals surface area (Å²) in [5.74, 6) is -0.407. The molecule has 1 heterocycles. The Labute approximate surface area is 160 Å². The number of anilines is 2. The van der Waals surface area contributed by atoms with Crippen LogP contribution in [0.15, 0.2) is 29.2 Å². The highest BCUT2D eigenvalue weighted by Gasteiger charge is 2.28. The Kier molecular flexibility index (Phi) is 6.61. The van der Waals surface area contributed by atoms with Crippen LogP contribution in [0.1, 0.15) is 25.2 Å². The average Bonchev–Trinajstić information content (AvgIpc) is 2.96. The second kappa shape index (κ2) is 8.53. The molecule has 148 valence electrons. The third-order valence-electron chi connectivity index (χ3n) is 4.37. The van der Waals surface area contributed by atoms with Crippen molar-refractivity contribution in [2.24, 2.45) is 0 Å². The third kappa shape index (κ3) is 4.67. The van der Waals surface area contributed by atoms with E-state index in [1.165, 1.54) is 7.05 Å². The Hall–Kier alpha value is -2.39. The fourth-order valence-electron chi connectivity index (χ4n) is 2.91. The first kappa shape index (κ1) is 20.9. The number of aromatic amines is 1. The van der Waals surface area contributed by atoms with Gasteiger partial charge in [-0.1, -0.05) is 0 Å². The van der Waals surface area contributed by atoms with Crippen molar-refractivity contribution >= 4 is 27.3 Å². The van der Waals surface area contributed by atoms with Crippen LogP contribution < -0.4 is 10.2 Å². The summed E-state index contributed by atoms with van der Waals surface area (Å²) in [5.41, 5.74) is 2.53. The molecule has 0 aliphatic carbocycles. The molecule has 0 spiro atoms. The maximum atomic E-state index is 12.7.